The Morgan fingerprint density at radius 3 is 2.38 bits per heavy atom. The number of fused-ring (bicyclic) bond motifs is 1. The van der Waals surface area contributed by atoms with Gasteiger partial charge in [-0.3, -0.25) is 4.79 Å². The molecule has 34 heavy (non-hydrogen) atoms. The minimum absolute atomic E-state index is 0.0638. The van der Waals surface area contributed by atoms with E-state index in [1.807, 2.05) is 75.4 Å². The van der Waals surface area contributed by atoms with Crippen LogP contribution in [0, 0.1) is 20.8 Å². The van der Waals surface area contributed by atoms with Crippen molar-refractivity contribution >= 4 is 23.3 Å². The van der Waals surface area contributed by atoms with Crippen molar-refractivity contribution in [2.24, 2.45) is 0 Å². The lowest BCUT2D eigenvalue weighted by atomic mass is 9.86. The van der Waals surface area contributed by atoms with Gasteiger partial charge in [-0.1, -0.05) is 35.9 Å². The number of carbonyl (C=O) groups excluding carboxylic acids is 1. The number of hydrogen-bond donors (Lipinski definition) is 1. The Labute approximate surface area is 202 Å². The predicted octanol–water partition coefficient (Wildman–Crippen LogP) is 5.29. The molecule has 8 heteroatoms. The van der Waals surface area contributed by atoms with Crippen LogP contribution in [-0.4, -0.2) is 25.7 Å². The van der Waals surface area contributed by atoms with Crippen LogP contribution in [0.15, 0.2) is 54.6 Å². The summed E-state index contributed by atoms with van der Waals surface area (Å²) in [7, 11) is 0. The second-order valence-electron chi connectivity index (χ2n) is 8.50. The van der Waals surface area contributed by atoms with Crippen LogP contribution in [0.4, 0.5) is 5.82 Å². The van der Waals surface area contributed by atoms with Crippen LogP contribution in [-0.2, 0) is 11.4 Å². The van der Waals surface area contributed by atoms with Gasteiger partial charge in [0.15, 0.2) is 0 Å². The Bertz CT molecular complexity index is 1340. The zero-order chi connectivity index (χ0) is 23.8. The summed E-state index contributed by atoms with van der Waals surface area (Å²) in [6.45, 7) is 6.23. The highest BCUT2D eigenvalue weighted by Crippen LogP contribution is 2.40. The van der Waals surface area contributed by atoms with Gasteiger partial charge >= 0.3 is 0 Å². The third kappa shape index (κ3) is 4.39. The molecule has 1 amide bonds. The number of aromatic nitrogens is 4. The number of rotatable bonds is 5. The van der Waals surface area contributed by atoms with Gasteiger partial charge in [0.25, 0.3) is 5.95 Å². The minimum Gasteiger partial charge on any atom is -0.489 e. The SMILES string of the molecule is Cc1cc(C)nc(-n2nc(C)c3c2NC(=O)C[C@@H]3c2ccc(OCc3ccc(Cl)cc3)cc2)n1. The fraction of sp³-hybridized carbons (Fsp3) is 0.231. The Balaban J connectivity index is 1.42. The Kier molecular flexibility index (Phi) is 5.79. The predicted molar refractivity (Wildman–Crippen MR) is 131 cm³/mol. The van der Waals surface area contributed by atoms with E-state index in [4.69, 9.17) is 16.3 Å². The van der Waals surface area contributed by atoms with Gasteiger partial charge < -0.3 is 10.1 Å². The average molecular weight is 474 g/mol. The normalized spacial score (nSPS) is 15.1. The van der Waals surface area contributed by atoms with E-state index < -0.39 is 0 Å². The van der Waals surface area contributed by atoms with E-state index in [1.165, 1.54) is 0 Å². The molecule has 1 N–H and O–H groups in total. The van der Waals surface area contributed by atoms with Crippen molar-refractivity contribution in [2.75, 3.05) is 5.32 Å². The zero-order valence-electron chi connectivity index (χ0n) is 19.2. The molecular formula is C26H24ClN5O2. The van der Waals surface area contributed by atoms with Crippen molar-refractivity contribution in [3.8, 4) is 11.7 Å². The van der Waals surface area contributed by atoms with E-state index in [0.29, 0.717) is 29.8 Å². The molecule has 7 nitrogen and oxygen atoms in total. The molecule has 1 atom stereocenters. The van der Waals surface area contributed by atoms with Gasteiger partial charge in [0.2, 0.25) is 5.91 Å². The molecule has 172 valence electrons. The highest BCUT2D eigenvalue weighted by Gasteiger charge is 2.33. The van der Waals surface area contributed by atoms with Crippen molar-refractivity contribution in [2.45, 2.75) is 39.7 Å². The molecule has 0 bridgehead atoms. The van der Waals surface area contributed by atoms with Gasteiger partial charge in [-0.25, -0.2) is 9.97 Å². The average Bonchev–Trinajstić information content (AvgIpc) is 3.14. The molecule has 0 fully saturated rings. The molecule has 0 saturated carbocycles. The first kappa shape index (κ1) is 22.1. The maximum atomic E-state index is 12.7. The number of ether oxygens (including phenoxy) is 1. The highest BCUT2D eigenvalue weighted by molar-refractivity contribution is 6.30. The second kappa shape index (κ2) is 8.91. The third-order valence-electron chi connectivity index (χ3n) is 5.86. The summed E-state index contributed by atoms with van der Waals surface area (Å²) in [5, 5.41) is 8.37. The van der Waals surface area contributed by atoms with Crippen LogP contribution in [0.25, 0.3) is 5.95 Å². The van der Waals surface area contributed by atoms with Crippen molar-refractivity contribution in [1.82, 2.24) is 19.7 Å². The third-order valence-corrected chi connectivity index (χ3v) is 6.12. The van der Waals surface area contributed by atoms with Crippen LogP contribution in [0.3, 0.4) is 0 Å². The van der Waals surface area contributed by atoms with E-state index in [9.17, 15) is 4.79 Å². The van der Waals surface area contributed by atoms with Crippen molar-refractivity contribution in [3.05, 3.63) is 93.4 Å². The molecule has 2 aromatic carbocycles. The van der Waals surface area contributed by atoms with Crippen LogP contribution >= 0.6 is 11.6 Å². The van der Waals surface area contributed by atoms with Gasteiger partial charge in [-0.05, 0) is 62.2 Å². The fourth-order valence-corrected chi connectivity index (χ4v) is 4.45. The largest absolute Gasteiger partial charge is 0.489 e. The summed E-state index contributed by atoms with van der Waals surface area (Å²) in [6.07, 6.45) is 0.345. The molecule has 1 aliphatic heterocycles. The molecule has 3 heterocycles. The summed E-state index contributed by atoms with van der Waals surface area (Å²) in [6, 6.07) is 17.4. The highest BCUT2D eigenvalue weighted by atomic mass is 35.5. The molecule has 1 aliphatic rings. The van der Waals surface area contributed by atoms with Gasteiger partial charge in [0.05, 0.1) is 5.69 Å². The Morgan fingerprint density at radius 2 is 1.71 bits per heavy atom. The lowest BCUT2D eigenvalue weighted by Crippen LogP contribution is -2.25. The number of nitrogens with one attached hydrogen (secondary N) is 1. The zero-order valence-corrected chi connectivity index (χ0v) is 19.9. The van der Waals surface area contributed by atoms with Gasteiger partial charge in [0, 0.05) is 34.3 Å². The van der Waals surface area contributed by atoms with Crippen molar-refractivity contribution < 1.29 is 9.53 Å². The molecular weight excluding hydrogens is 450 g/mol. The summed E-state index contributed by atoms with van der Waals surface area (Å²) in [4.78, 5) is 21.7. The van der Waals surface area contributed by atoms with E-state index in [1.54, 1.807) is 4.68 Å². The Hall–Kier alpha value is -3.71. The molecule has 4 aromatic rings. The van der Waals surface area contributed by atoms with Gasteiger partial charge in [0.1, 0.15) is 18.2 Å². The van der Waals surface area contributed by atoms with E-state index in [-0.39, 0.29) is 11.8 Å². The fourth-order valence-electron chi connectivity index (χ4n) is 4.32. The number of halogens is 1. The Morgan fingerprint density at radius 1 is 1.03 bits per heavy atom. The first-order valence-corrected chi connectivity index (χ1v) is 11.4. The number of carbonyl (C=O) groups is 1. The molecule has 2 aromatic heterocycles. The maximum Gasteiger partial charge on any atom is 0.252 e. The van der Waals surface area contributed by atoms with Crippen molar-refractivity contribution in [1.29, 1.82) is 0 Å². The van der Waals surface area contributed by atoms with Crippen LogP contribution in [0.2, 0.25) is 5.02 Å². The van der Waals surface area contributed by atoms with Crippen LogP contribution in [0.5, 0.6) is 5.75 Å². The summed E-state index contributed by atoms with van der Waals surface area (Å²) >= 11 is 5.95. The first-order chi connectivity index (χ1) is 16.4. The summed E-state index contributed by atoms with van der Waals surface area (Å²) in [5.41, 5.74) is 5.58. The van der Waals surface area contributed by atoms with Gasteiger partial charge in [-0.15, -0.1) is 0 Å². The van der Waals surface area contributed by atoms with Crippen molar-refractivity contribution in [3.63, 3.8) is 0 Å². The lowest BCUT2D eigenvalue weighted by Gasteiger charge is -2.24. The van der Waals surface area contributed by atoms with Crippen LogP contribution < -0.4 is 10.1 Å². The second-order valence-corrected chi connectivity index (χ2v) is 8.94. The monoisotopic (exact) mass is 473 g/mol. The lowest BCUT2D eigenvalue weighted by molar-refractivity contribution is -0.116. The topological polar surface area (TPSA) is 81.9 Å². The number of hydrogen-bond acceptors (Lipinski definition) is 5. The van der Waals surface area contributed by atoms with Gasteiger partial charge in [-0.2, -0.15) is 9.78 Å². The quantitative estimate of drug-likeness (QED) is 0.425. The minimum atomic E-state index is -0.117. The van der Waals surface area contributed by atoms with E-state index in [2.05, 4.69) is 20.4 Å². The smallest absolute Gasteiger partial charge is 0.252 e. The molecule has 0 unspecified atom stereocenters. The van der Waals surface area contributed by atoms with E-state index in [0.717, 1.165) is 39.5 Å². The molecule has 0 spiro atoms. The van der Waals surface area contributed by atoms with E-state index >= 15 is 0 Å². The summed E-state index contributed by atoms with van der Waals surface area (Å²) < 4.78 is 7.55. The molecule has 0 aliphatic carbocycles. The molecule has 0 saturated heterocycles. The molecule has 5 rings (SSSR count). The number of amides is 1. The number of anilines is 1. The van der Waals surface area contributed by atoms with Crippen LogP contribution in [0.1, 0.15) is 46.1 Å². The maximum absolute atomic E-state index is 12.7. The molecule has 0 radical (unpaired) electrons. The standard InChI is InChI=1S/C26H24ClN5O2/c1-15-12-16(2)29-26(28-15)32-25-24(17(3)31-32)22(13-23(33)30-25)19-6-10-21(11-7-19)34-14-18-4-8-20(27)9-5-18/h4-12,22H,13-14H2,1-3H3,(H,30,33)/t22-/m1/s1. The summed E-state index contributed by atoms with van der Waals surface area (Å²) in [5.74, 6) is 1.66. The first-order valence-electron chi connectivity index (χ1n) is 11.1. The number of benzene rings is 2. The number of aryl methyl sites for hydroxylation is 3. The number of nitrogens with zero attached hydrogens (tertiary/aromatic N) is 4.